The zero-order valence-corrected chi connectivity index (χ0v) is 9.23. The Balaban J connectivity index is 2.50. The third-order valence-corrected chi connectivity index (χ3v) is 2.32. The SMILES string of the molecule is CCCCNC(=O)C(C)n1ccnc1N. The molecule has 1 aromatic heterocycles. The molecule has 84 valence electrons. The average Bonchev–Trinajstić information content (AvgIpc) is 2.63. The Morgan fingerprint density at radius 3 is 3.00 bits per heavy atom. The molecule has 0 bridgehead atoms. The number of nitrogens with two attached hydrogens (primary N) is 1. The molecule has 5 nitrogen and oxygen atoms in total. The quantitative estimate of drug-likeness (QED) is 0.710. The van der Waals surface area contributed by atoms with Gasteiger partial charge in [-0.15, -0.1) is 0 Å². The second-order valence-electron chi connectivity index (χ2n) is 3.51. The molecule has 0 saturated carbocycles. The average molecular weight is 210 g/mol. The van der Waals surface area contributed by atoms with E-state index in [-0.39, 0.29) is 11.9 Å². The van der Waals surface area contributed by atoms with E-state index in [1.807, 2.05) is 0 Å². The van der Waals surface area contributed by atoms with Gasteiger partial charge in [0.25, 0.3) is 0 Å². The van der Waals surface area contributed by atoms with E-state index >= 15 is 0 Å². The normalized spacial score (nSPS) is 12.4. The minimum Gasteiger partial charge on any atom is -0.369 e. The number of anilines is 1. The molecule has 1 unspecified atom stereocenters. The second kappa shape index (κ2) is 5.38. The summed E-state index contributed by atoms with van der Waals surface area (Å²) in [6, 6.07) is -0.302. The number of hydrogen-bond acceptors (Lipinski definition) is 3. The highest BCUT2D eigenvalue weighted by atomic mass is 16.2. The Morgan fingerprint density at radius 2 is 2.47 bits per heavy atom. The molecule has 0 spiro atoms. The maximum absolute atomic E-state index is 11.7. The molecule has 0 aromatic carbocycles. The summed E-state index contributed by atoms with van der Waals surface area (Å²) in [7, 11) is 0. The summed E-state index contributed by atoms with van der Waals surface area (Å²) < 4.78 is 1.65. The van der Waals surface area contributed by atoms with Crippen LogP contribution in [-0.4, -0.2) is 22.0 Å². The molecule has 15 heavy (non-hydrogen) atoms. The fourth-order valence-electron chi connectivity index (χ4n) is 1.31. The van der Waals surface area contributed by atoms with Crippen molar-refractivity contribution in [3.8, 4) is 0 Å². The Morgan fingerprint density at radius 1 is 1.73 bits per heavy atom. The predicted octanol–water partition coefficient (Wildman–Crippen LogP) is 0.943. The molecular formula is C10H18N4O. The van der Waals surface area contributed by atoms with Gasteiger partial charge in [-0.2, -0.15) is 0 Å². The largest absolute Gasteiger partial charge is 0.369 e. The van der Waals surface area contributed by atoms with Crippen LogP contribution in [0.2, 0.25) is 0 Å². The number of carbonyl (C=O) groups excluding carboxylic acids is 1. The molecule has 0 saturated heterocycles. The van der Waals surface area contributed by atoms with Crippen molar-refractivity contribution in [3.63, 3.8) is 0 Å². The number of aromatic nitrogens is 2. The molecule has 1 heterocycles. The number of imidazole rings is 1. The smallest absolute Gasteiger partial charge is 0.242 e. The van der Waals surface area contributed by atoms with Crippen molar-refractivity contribution in [1.82, 2.24) is 14.9 Å². The number of nitrogens with zero attached hydrogens (tertiary/aromatic N) is 2. The number of hydrogen-bond donors (Lipinski definition) is 2. The van der Waals surface area contributed by atoms with E-state index < -0.39 is 0 Å². The number of nitrogens with one attached hydrogen (secondary N) is 1. The highest BCUT2D eigenvalue weighted by Gasteiger charge is 2.15. The van der Waals surface area contributed by atoms with Gasteiger partial charge in [-0.05, 0) is 13.3 Å². The van der Waals surface area contributed by atoms with Gasteiger partial charge in [-0.1, -0.05) is 13.3 Å². The van der Waals surface area contributed by atoms with E-state index in [0.717, 1.165) is 12.8 Å². The number of carbonyl (C=O) groups is 1. The lowest BCUT2D eigenvalue weighted by Gasteiger charge is -2.14. The zero-order chi connectivity index (χ0) is 11.3. The molecule has 0 radical (unpaired) electrons. The maximum Gasteiger partial charge on any atom is 0.242 e. The van der Waals surface area contributed by atoms with E-state index in [1.54, 1.807) is 23.9 Å². The first-order valence-electron chi connectivity index (χ1n) is 5.22. The first-order chi connectivity index (χ1) is 7.16. The minimum absolute atomic E-state index is 0.0202. The van der Waals surface area contributed by atoms with Crippen LogP contribution in [-0.2, 0) is 4.79 Å². The topological polar surface area (TPSA) is 72.9 Å². The lowest BCUT2D eigenvalue weighted by Crippen LogP contribution is -2.31. The van der Waals surface area contributed by atoms with E-state index in [9.17, 15) is 4.79 Å². The van der Waals surface area contributed by atoms with Gasteiger partial charge in [0.05, 0.1) is 0 Å². The third kappa shape index (κ3) is 2.97. The van der Waals surface area contributed by atoms with Crippen molar-refractivity contribution in [3.05, 3.63) is 12.4 Å². The van der Waals surface area contributed by atoms with Crippen molar-refractivity contribution in [1.29, 1.82) is 0 Å². The van der Waals surface area contributed by atoms with Gasteiger partial charge in [0.15, 0.2) is 0 Å². The van der Waals surface area contributed by atoms with E-state index in [4.69, 9.17) is 5.73 Å². The van der Waals surface area contributed by atoms with Crippen molar-refractivity contribution in [2.24, 2.45) is 0 Å². The summed E-state index contributed by atoms with van der Waals surface area (Å²) in [6.07, 6.45) is 5.37. The first-order valence-corrected chi connectivity index (χ1v) is 5.22. The molecule has 1 atom stereocenters. The highest BCUT2D eigenvalue weighted by molar-refractivity contribution is 5.80. The molecule has 1 amide bonds. The van der Waals surface area contributed by atoms with Gasteiger partial charge in [-0.3, -0.25) is 4.79 Å². The first kappa shape index (κ1) is 11.6. The lowest BCUT2D eigenvalue weighted by molar-refractivity contribution is -0.123. The second-order valence-corrected chi connectivity index (χ2v) is 3.51. The van der Waals surface area contributed by atoms with Crippen LogP contribution in [0.15, 0.2) is 12.4 Å². The number of rotatable bonds is 5. The van der Waals surface area contributed by atoms with Crippen molar-refractivity contribution < 1.29 is 4.79 Å². The van der Waals surface area contributed by atoms with Crippen LogP contribution < -0.4 is 11.1 Å². The summed E-state index contributed by atoms with van der Waals surface area (Å²) in [6.45, 7) is 4.61. The maximum atomic E-state index is 11.7. The van der Waals surface area contributed by atoms with Crippen molar-refractivity contribution in [2.45, 2.75) is 32.7 Å². The molecule has 3 N–H and O–H groups in total. The number of nitrogen functional groups attached to an aromatic ring is 1. The predicted molar refractivity (Wildman–Crippen MR) is 59.3 cm³/mol. The summed E-state index contributed by atoms with van der Waals surface area (Å²) in [5.41, 5.74) is 5.61. The minimum atomic E-state index is -0.302. The summed E-state index contributed by atoms with van der Waals surface area (Å²) >= 11 is 0. The third-order valence-electron chi connectivity index (χ3n) is 2.32. The van der Waals surface area contributed by atoms with Crippen LogP contribution in [0.4, 0.5) is 5.95 Å². The Bertz CT molecular complexity index is 321. The van der Waals surface area contributed by atoms with E-state index in [2.05, 4.69) is 17.2 Å². The van der Waals surface area contributed by atoms with Crippen LogP contribution in [0.1, 0.15) is 32.7 Å². The molecule has 0 aliphatic heterocycles. The Labute approximate surface area is 89.7 Å². The van der Waals surface area contributed by atoms with Crippen LogP contribution in [0.5, 0.6) is 0 Å². The molecule has 1 rings (SSSR count). The highest BCUT2D eigenvalue weighted by Crippen LogP contribution is 2.10. The van der Waals surface area contributed by atoms with Gasteiger partial charge in [-0.25, -0.2) is 4.98 Å². The monoisotopic (exact) mass is 210 g/mol. The zero-order valence-electron chi connectivity index (χ0n) is 9.23. The fraction of sp³-hybridized carbons (Fsp3) is 0.600. The standard InChI is InChI=1S/C10H18N4O/c1-3-4-5-12-9(15)8(2)14-7-6-13-10(14)11/h6-8H,3-5H2,1-2H3,(H2,11,13)(H,12,15). The van der Waals surface area contributed by atoms with Gasteiger partial charge < -0.3 is 15.6 Å². The van der Waals surface area contributed by atoms with Crippen LogP contribution in [0, 0.1) is 0 Å². The van der Waals surface area contributed by atoms with E-state index in [1.165, 1.54) is 0 Å². The molecule has 0 fully saturated rings. The van der Waals surface area contributed by atoms with Crippen LogP contribution >= 0.6 is 0 Å². The molecule has 0 aliphatic rings. The molecular weight excluding hydrogens is 192 g/mol. The van der Waals surface area contributed by atoms with Gasteiger partial charge in [0.1, 0.15) is 6.04 Å². The summed E-state index contributed by atoms with van der Waals surface area (Å²) in [5, 5.41) is 2.86. The summed E-state index contributed by atoms with van der Waals surface area (Å²) in [5.74, 6) is 0.348. The number of unbranched alkanes of at least 4 members (excludes halogenated alkanes) is 1. The Hall–Kier alpha value is -1.52. The van der Waals surface area contributed by atoms with Crippen LogP contribution in [0.3, 0.4) is 0 Å². The van der Waals surface area contributed by atoms with Crippen molar-refractivity contribution >= 4 is 11.9 Å². The van der Waals surface area contributed by atoms with Gasteiger partial charge in [0.2, 0.25) is 11.9 Å². The Kier molecular flexibility index (Phi) is 4.15. The van der Waals surface area contributed by atoms with Crippen molar-refractivity contribution in [2.75, 3.05) is 12.3 Å². The van der Waals surface area contributed by atoms with Crippen LogP contribution in [0.25, 0.3) is 0 Å². The molecule has 1 aromatic rings. The van der Waals surface area contributed by atoms with E-state index in [0.29, 0.717) is 12.5 Å². The summed E-state index contributed by atoms with van der Waals surface area (Å²) in [4.78, 5) is 15.5. The van der Waals surface area contributed by atoms with Gasteiger partial charge in [0, 0.05) is 18.9 Å². The van der Waals surface area contributed by atoms with Gasteiger partial charge >= 0.3 is 0 Å². The fourth-order valence-corrected chi connectivity index (χ4v) is 1.31. The molecule has 0 aliphatic carbocycles. The lowest BCUT2D eigenvalue weighted by atomic mass is 10.3. The number of amides is 1. The molecule has 5 heteroatoms.